The third-order valence-electron chi connectivity index (χ3n) is 2.13. The fourth-order valence-corrected chi connectivity index (χ4v) is 1.44. The first kappa shape index (κ1) is 13.0. The largest absolute Gasteiger partial charge is 0.390 e. The van der Waals surface area contributed by atoms with Crippen LogP contribution in [-0.2, 0) is 0 Å². The summed E-state index contributed by atoms with van der Waals surface area (Å²) in [6, 6.07) is 1.15. The second-order valence-corrected chi connectivity index (χ2v) is 3.63. The predicted molar refractivity (Wildman–Crippen MR) is 55.9 cm³/mol. The number of aliphatic hydroxyl groups excluding tert-OH is 2. The molecule has 0 bridgehead atoms. The normalized spacial score (nSPS) is 14.5. The van der Waals surface area contributed by atoms with E-state index in [1.54, 1.807) is 0 Å². The summed E-state index contributed by atoms with van der Waals surface area (Å²) in [6.45, 7) is 0. The van der Waals surface area contributed by atoms with Crippen LogP contribution in [0.1, 0.15) is 28.4 Å². The lowest BCUT2D eigenvalue weighted by Crippen LogP contribution is -2.19. The van der Waals surface area contributed by atoms with Gasteiger partial charge in [0.15, 0.2) is 6.29 Å². The molecule has 1 aromatic heterocycles. The molecular weight excluding hydrogens is 237 g/mol. The molecule has 0 saturated carbocycles. The summed E-state index contributed by atoms with van der Waals surface area (Å²) in [5.74, 6) is -0.717. The summed E-state index contributed by atoms with van der Waals surface area (Å²) in [6.07, 6.45) is -0.734. The molecule has 2 N–H and O–H groups in total. The molecule has 88 valence electrons. The minimum atomic E-state index is -1.23. The zero-order chi connectivity index (χ0) is 12.1. The molecule has 0 amide bonds. The van der Waals surface area contributed by atoms with Crippen molar-refractivity contribution in [2.45, 2.75) is 18.6 Å². The van der Waals surface area contributed by atoms with Crippen molar-refractivity contribution >= 4 is 17.9 Å². The highest BCUT2D eigenvalue weighted by molar-refractivity contribution is 6.17. The van der Waals surface area contributed by atoms with Gasteiger partial charge in [-0.3, -0.25) is 4.79 Å². The van der Waals surface area contributed by atoms with Crippen LogP contribution in [0.4, 0.5) is 4.39 Å². The van der Waals surface area contributed by atoms with Crippen molar-refractivity contribution < 1.29 is 19.4 Å². The van der Waals surface area contributed by atoms with Gasteiger partial charge >= 0.3 is 0 Å². The van der Waals surface area contributed by atoms with Gasteiger partial charge in [-0.05, 0) is 12.5 Å². The molecule has 0 aliphatic carbocycles. The van der Waals surface area contributed by atoms with Gasteiger partial charge in [0.1, 0.15) is 6.10 Å². The second kappa shape index (κ2) is 5.89. The molecule has 0 fully saturated rings. The first-order valence-corrected chi connectivity index (χ1v) is 5.16. The lowest BCUT2D eigenvalue weighted by molar-refractivity contribution is 0.0167. The number of nitrogens with zero attached hydrogens (tertiary/aromatic N) is 1. The predicted octanol–water partition coefficient (Wildman–Crippen LogP) is 1.06. The van der Waals surface area contributed by atoms with Crippen LogP contribution in [0.15, 0.2) is 12.3 Å². The van der Waals surface area contributed by atoms with E-state index in [0.29, 0.717) is 6.29 Å². The molecule has 0 radical (unpaired) electrons. The number of aliphatic hydroxyl groups is 2. The molecule has 1 rings (SSSR count). The third-order valence-corrected chi connectivity index (χ3v) is 2.34. The quantitative estimate of drug-likeness (QED) is 0.464. The first-order valence-electron chi connectivity index (χ1n) is 4.63. The van der Waals surface area contributed by atoms with E-state index < -0.39 is 18.2 Å². The Labute approximate surface area is 96.7 Å². The van der Waals surface area contributed by atoms with Gasteiger partial charge in [0.2, 0.25) is 5.95 Å². The zero-order valence-corrected chi connectivity index (χ0v) is 9.06. The maximum absolute atomic E-state index is 12.9. The summed E-state index contributed by atoms with van der Waals surface area (Å²) >= 11 is 5.41. The monoisotopic (exact) mass is 247 g/mol. The molecule has 1 aromatic rings. The average Bonchev–Trinajstić information content (AvgIpc) is 2.29. The lowest BCUT2D eigenvalue weighted by atomic mass is 10.0. The number of rotatable bonds is 5. The van der Waals surface area contributed by atoms with Crippen molar-refractivity contribution in [2.75, 3.05) is 5.88 Å². The van der Waals surface area contributed by atoms with Gasteiger partial charge in [0, 0.05) is 17.6 Å². The van der Waals surface area contributed by atoms with Crippen molar-refractivity contribution in [1.82, 2.24) is 4.98 Å². The van der Waals surface area contributed by atoms with Gasteiger partial charge in [-0.15, -0.1) is 11.6 Å². The number of hydrogen-bond acceptors (Lipinski definition) is 4. The van der Waals surface area contributed by atoms with Gasteiger partial charge in [-0.1, -0.05) is 0 Å². The van der Waals surface area contributed by atoms with E-state index in [2.05, 4.69) is 4.98 Å². The maximum Gasteiger partial charge on any atom is 0.223 e. The van der Waals surface area contributed by atoms with E-state index in [-0.39, 0.29) is 23.4 Å². The lowest BCUT2D eigenvalue weighted by Gasteiger charge is -2.16. The summed E-state index contributed by atoms with van der Waals surface area (Å²) < 4.78 is 12.9. The molecule has 0 saturated heterocycles. The standard InChI is InChI=1S/C10H11ClFNO3/c11-2-1-8(15)9(16)6-3-7(5-14)10(12)13-4-6/h3-5,8-9,15-16H,1-2H2. The smallest absolute Gasteiger partial charge is 0.223 e. The summed E-state index contributed by atoms with van der Waals surface area (Å²) in [5.41, 5.74) is -0.0734. The molecule has 0 spiro atoms. The fourth-order valence-electron chi connectivity index (χ4n) is 1.22. The number of pyridine rings is 1. The summed E-state index contributed by atoms with van der Waals surface area (Å²) in [5, 5.41) is 19.1. The summed E-state index contributed by atoms with van der Waals surface area (Å²) in [4.78, 5) is 13.8. The van der Waals surface area contributed by atoms with E-state index in [1.807, 2.05) is 0 Å². The van der Waals surface area contributed by atoms with E-state index >= 15 is 0 Å². The Morgan fingerprint density at radius 1 is 1.56 bits per heavy atom. The van der Waals surface area contributed by atoms with E-state index in [0.717, 1.165) is 12.3 Å². The molecule has 4 nitrogen and oxygen atoms in total. The Hall–Kier alpha value is -1.04. The molecule has 0 aliphatic heterocycles. The van der Waals surface area contributed by atoms with Crippen LogP contribution in [0.5, 0.6) is 0 Å². The van der Waals surface area contributed by atoms with E-state index in [9.17, 15) is 19.4 Å². The SMILES string of the molecule is O=Cc1cc(C(O)C(O)CCCl)cnc1F. The van der Waals surface area contributed by atoms with Crippen LogP contribution in [0.3, 0.4) is 0 Å². The summed E-state index contributed by atoms with van der Waals surface area (Å²) in [7, 11) is 0. The van der Waals surface area contributed by atoms with Gasteiger partial charge in [0.05, 0.1) is 11.7 Å². The highest BCUT2D eigenvalue weighted by atomic mass is 35.5. The van der Waals surface area contributed by atoms with Gasteiger partial charge in [-0.25, -0.2) is 4.98 Å². The molecule has 2 unspecified atom stereocenters. The molecule has 6 heteroatoms. The van der Waals surface area contributed by atoms with Gasteiger partial charge in [-0.2, -0.15) is 4.39 Å². The van der Waals surface area contributed by atoms with Crippen molar-refractivity contribution in [3.05, 3.63) is 29.3 Å². The van der Waals surface area contributed by atoms with Crippen LogP contribution in [0, 0.1) is 5.95 Å². The number of carbonyl (C=O) groups excluding carboxylic acids is 1. The Morgan fingerprint density at radius 3 is 2.81 bits per heavy atom. The van der Waals surface area contributed by atoms with Crippen molar-refractivity contribution in [1.29, 1.82) is 0 Å². The molecule has 0 aliphatic rings. The van der Waals surface area contributed by atoms with Crippen LogP contribution in [0.25, 0.3) is 0 Å². The Balaban J connectivity index is 2.91. The number of halogens is 2. The third kappa shape index (κ3) is 2.98. The average molecular weight is 248 g/mol. The second-order valence-electron chi connectivity index (χ2n) is 3.26. The first-order chi connectivity index (χ1) is 7.60. The zero-order valence-electron chi connectivity index (χ0n) is 8.31. The molecule has 0 aromatic carbocycles. The molecule has 1 heterocycles. The molecular formula is C10H11ClFNO3. The minimum Gasteiger partial charge on any atom is -0.390 e. The van der Waals surface area contributed by atoms with Crippen LogP contribution >= 0.6 is 11.6 Å². The van der Waals surface area contributed by atoms with Crippen LogP contribution in [0.2, 0.25) is 0 Å². The number of hydrogen-bond donors (Lipinski definition) is 2. The highest BCUT2D eigenvalue weighted by Gasteiger charge is 2.19. The minimum absolute atomic E-state index is 0.182. The van der Waals surface area contributed by atoms with Crippen molar-refractivity contribution in [3.8, 4) is 0 Å². The van der Waals surface area contributed by atoms with Gasteiger partial charge < -0.3 is 10.2 Å². The van der Waals surface area contributed by atoms with Crippen molar-refractivity contribution in [3.63, 3.8) is 0 Å². The van der Waals surface area contributed by atoms with Crippen molar-refractivity contribution in [2.24, 2.45) is 0 Å². The Morgan fingerprint density at radius 2 is 2.25 bits per heavy atom. The van der Waals surface area contributed by atoms with Gasteiger partial charge in [0.25, 0.3) is 0 Å². The number of carbonyl (C=O) groups is 1. The molecule has 2 atom stereocenters. The fraction of sp³-hybridized carbons (Fsp3) is 0.400. The maximum atomic E-state index is 12.9. The van der Waals surface area contributed by atoms with E-state index in [1.165, 1.54) is 0 Å². The van der Waals surface area contributed by atoms with E-state index in [4.69, 9.17) is 11.6 Å². The van der Waals surface area contributed by atoms with Crippen LogP contribution in [-0.4, -0.2) is 33.5 Å². The number of alkyl halides is 1. The Kier molecular flexibility index (Phi) is 4.79. The number of aldehydes is 1. The van der Waals surface area contributed by atoms with Crippen LogP contribution < -0.4 is 0 Å². The Bertz CT molecular complexity index is 375. The molecule has 16 heavy (non-hydrogen) atoms. The highest BCUT2D eigenvalue weighted by Crippen LogP contribution is 2.20. The topological polar surface area (TPSA) is 70.4 Å². The number of aromatic nitrogens is 1.